The summed E-state index contributed by atoms with van der Waals surface area (Å²) >= 11 is 0. The number of hydrogen-bond donors (Lipinski definition) is 3. The van der Waals surface area contributed by atoms with Crippen molar-refractivity contribution in [2.45, 2.75) is 51.1 Å². The van der Waals surface area contributed by atoms with Crippen molar-refractivity contribution in [1.82, 2.24) is 10.0 Å². The van der Waals surface area contributed by atoms with Gasteiger partial charge in [0.05, 0.1) is 11.4 Å². The van der Waals surface area contributed by atoms with E-state index in [9.17, 15) is 8.42 Å². The third-order valence-electron chi connectivity index (χ3n) is 2.68. The van der Waals surface area contributed by atoms with E-state index in [1.807, 2.05) is 6.92 Å². The Labute approximate surface area is 156 Å². The Hall–Kier alpha value is -0.870. The lowest BCUT2D eigenvalue weighted by Gasteiger charge is -2.21. The minimum absolute atomic E-state index is 0. The molecule has 1 aromatic carbocycles. The Kier molecular flexibility index (Phi) is 9.07. The fourth-order valence-corrected chi connectivity index (χ4v) is 3.49. The first-order chi connectivity index (χ1) is 10.2. The number of aliphatic imine (C=N–C) groups is 1. The summed E-state index contributed by atoms with van der Waals surface area (Å²) in [5, 5.41) is 2.96. The highest BCUT2D eigenvalue weighted by Gasteiger charge is 2.23. The molecule has 0 aliphatic rings. The van der Waals surface area contributed by atoms with Gasteiger partial charge in [0, 0.05) is 12.1 Å². The number of sulfonamides is 1. The maximum Gasteiger partial charge on any atom is 0.241 e. The first-order valence-electron chi connectivity index (χ1n) is 7.31. The van der Waals surface area contributed by atoms with Crippen LogP contribution in [0.1, 0.15) is 39.7 Å². The van der Waals surface area contributed by atoms with Gasteiger partial charge in [0.2, 0.25) is 10.0 Å². The second-order valence-corrected chi connectivity index (χ2v) is 7.74. The van der Waals surface area contributed by atoms with Crippen LogP contribution in [0, 0.1) is 0 Å². The predicted molar refractivity (Wildman–Crippen MR) is 106 cm³/mol. The Balaban J connectivity index is 0.00000484. The molecule has 0 radical (unpaired) electrons. The lowest BCUT2D eigenvalue weighted by Crippen LogP contribution is -2.40. The minimum Gasteiger partial charge on any atom is -0.370 e. The van der Waals surface area contributed by atoms with Crippen LogP contribution >= 0.6 is 24.0 Å². The summed E-state index contributed by atoms with van der Waals surface area (Å²) in [6, 6.07) is 6.81. The zero-order valence-electron chi connectivity index (χ0n) is 14.1. The monoisotopic (exact) mass is 454 g/mol. The molecule has 1 rings (SSSR count). The average Bonchev–Trinajstić information content (AvgIpc) is 2.40. The SMILES string of the molecule is CCCNC(N)=NCc1ccccc1S(=O)(=O)NC(C)(C)C.I. The van der Waals surface area contributed by atoms with Gasteiger partial charge in [0.1, 0.15) is 0 Å². The average molecular weight is 454 g/mol. The van der Waals surface area contributed by atoms with E-state index in [4.69, 9.17) is 5.73 Å². The highest BCUT2D eigenvalue weighted by atomic mass is 127. The number of nitrogens with two attached hydrogens (primary N) is 1. The molecule has 0 bridgehead atoms. The van der Waals surface area contributed by atoms with Gasteiger partial charge in [0.15, 0.2) is 5.96 Å². The molecule has 132 valence electrons. The maximum absolute atomic E-state index is 12.5. The first-order valence-corrected chi connectivity index (χ1v) is 8.79. The van der Waals surface area contributed by atoms with Crippen LogP contribution in [0.15, 0.2) is 34.2 Å². The molecule has 0 unspecified atom stereocenters. The number of hydrogen-bond acceptors (Lipinski definition) is 3. The Morgan fingerprint density at radius 1 is 1.26 bits per heavy atom. The van der Waals surface area contributed by atoms with E-state index in [0.717, 1.165) is 13.0 Å². The van der Waals surface area contributed by atoms with Gasteiger partial charge in [-0.25, -0.2) is 18.1 Å². The summed E-state index contributed by atoms with van der Waals surface area (Å²) in [5.41, 5.74) is 5.81. The van der Waals surface area contributed by atoms with E-state index >= 15 is 0 Å². The number of guanidine groups is 1. The quantitative estimate of drug-likeness (QED) is 0.349. The van der Waals surface area contributed by atoms with Crippen LogP contribution in [-0.2, 0) is 16.6 Å². The highest BCUT2D eigenvalue weighted by Crippen LogP contribution is 2.18. The summed E-state index contributed by atoms with van der Waals surface area (Å²) in [6.45, 7) is 8.39. The third kappa shape index (κ3) is 7.98. The lowest BCUT2D eigenvalue weighted by atomic mass is 10.1. The number of benzene rings is 1. The lowest BCUT2D eigenvalue weighted by molar-refractivity contribution is 0.491. The van der Waals surface area contributed by atoms with Crippen molar-refractivity contribution >= 4 is 40.0 Å². The number of nitrogens with one attached hydrogen (secondary N) is 2. The van der Waals surface area contributed by atoms with Crippen molar-refractivity contribution < 1.29 is 8.42 Å². The van der Waals surface area contributed by atoms with E-state index in [1.54, 1.807) is 45.0 Å². The van der Waals surface area contributed by atoms with Gasteiger partial charge in [0.25, 0.3) is 0 Å². The largest absolute Gasteiger partial charge is 0.370 e. The molecule has 0 saturated carbocycles. The zero-order valence-corrected chi connectivity index (χ0v) is 17.2. The molecule has 0 amide bonds. The summed E-state index contributed by atoms with van der Waals surface area (Å²) < 4.78 is 27.6. The number of nitrogens with zero attached hydrogens (tertiary/aromatic N) is 1. The zero-order chi connectivity index (χ0) is 16.8. The van der Waals surface area contributed by atoms with Crippen molar-refractivity contribution in [2.75, 3.05) is 6.54 Å². The van der Waals surface area contributed by atoms with E-state index in [1.165, 1.54) is 0 Å². The second kappa shape index (κ2) is 9.43. The van der Waals surface area contributed by atoms with E-state index < -0.39 is 15.6 Å². The van der Waals surface area contributed by atoms with Crippen LogP contribution < -0.4 is 15.8 Å². The van der Waals surface area contributed by atoms with E-state index in [-0.39, 0.29) is 35.4 Å². The van der Waals surface area contributed by atoms with Gasteiger partial charge in [-0.1, -0.05) is 25.1 Å². The summed E-state index contributed by atoms with van der Waals surface area (Å²) in [6.07, 6.45) is 0.941. The molecule has 0 spiro atoms. The molecule has 8 heteroatoms. The third-order valence-corrected chi connectivity index (χ3v) is 4.54. The predicted octanol–water partition coefficient (Wildman–Crippen LogP) is 2.20. The molecule has 0 atom stereocenters. The molecule has 0 aliphatic carbocycles. The second-order valence-electron chi connectivity index (χ2n) is 6.09. The molecule has 0 heterocycles. The molecule has 1 aromatic rings. The molecule has 6 nitrogen and oxygen atoms in total. The molecule has 0 fully saturated rings. The van der Waals surface area contributed by atoms with Crippen molar-refractivity contribution in [3.8, 4) is 0 Å². The van der Waals surface area contributed by atoms with Crippen molar-refractivity contribution in [2.24, 2.45) is 10.7 Å². The molecule has 0 aromatic heterocycles. The summed E-state index contributed by atoms with van der Waals surface area (Å²) in [4.78, 5) is 4.43. The van der Waals surface area contributed by atoms with Crippen LogP contribution in [-0.4, -0.2) is 26.5 Å². The van der Waals surface area contributed by atoms with Crippen molar-refractivity contribution in [3.05, 3.63) is 29.8 Å². The van der Waals surface area contributed by atoms with E-state index in [2.05, 4.69) is 15.0 Å². The summed E-state index contributed by atoms with van der Waals surface area (Å²) in [5.74, 6) is 0.317. The van der Waals surface area contributed by atoms with Crippen LogP contribution in [0.25, 0.3) is 0 Å². The van der Waals surface area contributed by atoms with Gasteiger partial charge in [-0.2, -0.15) is 0 Å². The van der Waals surface area contributed by atoms with Crippen LogP contribution in [0.5, 0.6) is 0 Å². The Bertz CT molecular complexity index is 625. The molecule has 4 N–H and O–H groups in total. The van der Waals surface area contributed by atoms with E-state index in [0.29, 0.717) is 11.5 Å². The normalized spacial score (nSPS) is 12.6. The molecule has 23 heavy (non-hydrogen) atoms. The topological polar surface area (TPSA) is 96.6 Å². The van der Waals surface area contributed by atoms with Crippen LogP contribution in [0.4, 0.5) is 0 Å². The Morgan fingerprint density at radius 2 is 1.87 bits per heavy atom. The minimum atomic E-state index is -3.59. The van der Waals surface area contributed by atoms with Gasteiger partial charge < -0.3 is 11.1 Å². The molecule has 0 saturated heterocycles. The maximum atomic E-state index is 12.5. The van der Waals surface area contributed by atoms with Crippen LogP contribution in [0.2, 0.25) is 0 Å². The number of rotatable bonds is 6. The van der Waals surface area contributed by atoms with Gasteiger partial charge >= 0.3 is 0 Å². The number of halogens is 1. The smallest absolute Gasteiger partial charge is 0.241 e. The molecular weight excluding hydrogens is 427 g/mol. The fraction of sp³-hybridized carbons (Fsp3) is 0.533. The van der Waals surface area contributed by atoms with Gasteiger partial charge in [-0.15, -0.1) is 24.0 Å². The Morgan fingerprint density at radius 3 is 2.43 bits per heavy atom. The van der Waals surface area contributed by atoms with Crippen molar-refractivity contribution in [1.29, 1.82) is 0 Å². The standard InChI is InChI=1S/C15H26N4O2S.HI/c1-5-10-17-14(16)18-11-12-8-6-7-9-13(12)22(20,21)19-15(2,3)4;/h6-9,19H,5,10-11H2,1-4H3,(H3,16,17,18);1H. The van der Waals surface area contributed by atoms with Crippen molar-refractivity contribution in [3.63, 3.8) is 0 Å². The molecule has 0 aliphatic heterocycles. The van der Waals surface area contributed by atoms with Gasteiger partial charge in [-0.3, -0.25) is 0 Å². The molecular formula is C15H27IN4O2S. The highest BCUT2D eigenvalue weighted by molar-refractivity contribution is 14.0. The van der Waals surface area contributed by atoms with Crippen LogP contribution in [0.3, 0.4) is 0 Å². The first kappa shape index (κ1) is 22.1. The fourth-order valence-electron chi connectivity index (χ4n) is 1.83. The van der Waals surface area contributed by atoms with Gasteiger partial charge in [-0.05, 0) is 38.8 Å². The summed E-state index contributed by atoms with van der Waals surface area (Å²) in [7, 11) is -3.59.